The number of carbonyl (C=O) groups excluding carboxylic acids is 1. The fraction of sp³-hybridized carbons (Fsp3) is 0.0667. The molecular formula is C15H11F2N3O2. The lowest BCUT2D eigenvalue weighted by atomic mass is 10.2. The predicted molar refractivity (Wildman–Crippen MR) is 77.1 cm³/mol. The van der Waals surface area contributed by atoms with Gasteiger partial charge in [-0.05, 0) is 30.7 Å². The van der Waals surface area contributed by atoms with Crippen LogP contribution in [-0.4, -0.2) is 15.3 Å². The van der Waals surface area contributed by atoms with Gasteiger partial charge in [0.15, 0.2) is 0 Å². The first-order chi connectivity index (χ1) is 10.5. The first-order valence-electron chi connectivity index (χ1n) is 6.43. The lowest BCUT2D eigenvalue weighted by Gasteiger charge is -2.06. The smallest absolute Gasteiger partial charge is 0.274 e. The van der Waals surface area contributed by atoms with Crippen LogP contribution in [0.2, 0.25) is 0 Å². The average molecular weight is 303 g/mol. The van der Waals surface area contributed by atoms with E-state index in [2.05, 4.69) is 10.3 Å². The lowest BCUT2D eigenvalue weighted by molar-refractivity contribution is 0.102. The monoisotopic (exact) mass is 303 g/mol. The van der Waals surface area contributed by atoms with Crippen LogP contribution >= 0.6 is 0 Å². The Balaban J connectivity index is 2.03. The molecule has 22 heavy (non-hydrogen) atoms. The van der Waals surface area contributed by atoms with Gasteiger partial charge in [0.05, 0.1) is 5.69 Å². The molecule has 0 aliphatic heterocycles. The van der Waals surface area contributed by atoms with Crippen LogP contribution in [0.1, 0.15) is 16.1 Å². The molecule has 2 N–H and O–H groups in total. The van der Waals surface area contributed by atoms with Gasteiger partial charge in [0.25, 0.3) is 11.5 Å². The number of hydrogen-bond donors (Lipinski definition) is 2. The number of H-pyrrole nitrogens is 1. The number of aromatic amines is 1. The van der Waals surface area contributed by atoms with E-state index in [0.717, 1.165) is 23.8 Å². The van der Waals surface area contributed by atoms with Crippen molar-refractivity contribution >= 4 is 17.2 Å². The van der Waals surface area contributed by atoms with Gasteiger partial charge >= 0.3 is 0 Å². The second-order valence-electron chi connectivity index (χ2n) is 4.84. The van der Waals surface area contributed by atoms with Gasteiger partial charge < -0.3 is 10.3 Å². The quantitative estimate of drug-likeness (QED) is 0.763. The predicted octanol–water partition coefficient (Wildman–Crippen LogP) is 2.47. The minimum Gasteiger partial charge on any atom is -0.345 e. The van der Waals surface area contributed by atoms with Crippen molar-refractivity contribution in [2.75, 3.05) is 5.32 Å². The molecule has 0 unspecified atom stereocenters. The number of hydrogen-bond acceptors (Lipinski definition) is 2. The van der Waals surface area contributed by atoms with E-state index >= 15 is 0 Å². The number of aryl methyl sites for hydroxylation is 1. The number of rotatable bonds is 2. The summed E-state index contributed by atoms with van der Waals surface area (Å²) in [7, 11) is 0. The number of nitrogens with zero attached hydrogens (tertiary/aromatic N) is 1. The SMILES string of the molecule is Cc1cc(=O)n2c(C(=O)Nc3cc(F)ccc3F)c[nH]c2c1. The van der Waals surface area contributed by atoms with E-state index in [0.29, 0.717) is 5.65 Å². The van der Waals surface area contributed by atoms with Gasteiger partial charge in [0.1, 0.15) is 23.0 Å². The number of amides is 1. The molecule has 5 nitrogen and oxygen atoms in total. The van der Waals surface area contributed by atoms with Crippen molar-refractivity contribution in [2.45, 2.75) is 6.92 Å². The molecule has 112 valence electrons. The molecule has 2 aromatic heterocycles. The first-order valence-corrected chi connectivity index (χ1v) is 6.43. The highest BCUT2D eigenvalue weighted by Gasteiger charge is 2.15. The van der Waals surface area contributed by atoms with Crippen molar-refractivity contribution in [3.05, 3.63) is 69.8 Å². The molecule has 0 atom stereocenters. The maximum Gasteiger partial charge on any atom is 0.274 e. The summed E-state index contributed by atoms with van der Waals surface area (Å²) >= 11 is 0. The number of benzene rings is 1. The van der Waals surface area contributed by atoms with E-state index in [1.165, 1.54) is 16.7 Å². The van der Waals surface area contributed by atoms with Crippen LogP contribution in [0.25, 0.3) is 5.65 Å². The molecule has 0 radical (unpaired) electrons. The Bertz CT molecular complexity index is 944. The number of carbonyl (C=O) groups is 1. The molecule has 1 aromatic carbocycles. The molecule has 3 rings (SSSR count). The number of halogens is 2. The molecule has 7 heteroatoms. The Kier molecular flexibility index (Phi) is 3.25. The Hall–Kier alpha value is -2.96. The van der Waals surface area contributed by atoms with Gasteiger partial charge in [-0.25, -0.2) is 8.78 Å². The molecule has 3 aromatic rings. The second-order valence-corrected chi connectivity index (χ2v) is 4.84. The molecule has 1 amide bonds. The summed E-state index contributed by atoms with van der Waals surface area (Å²) < 4.78 is 27.8. The third kappa shape index (κ3) is 2.37. The first kappa shape index (κ1) is 14.0. The summed E-state index contributed by atoms with van der Waals surface area (Å²) in [5, 5.41) is 2.25. The highest BCUT2D eigenvalue weighted by atomic mass is 19.1. The minimum absolute atomic E-state index is 0.00339. The van der Waals surface area contributed by atoms with Gasteiger partial charge in [-0.1, -0.05) is 0 Å². The Labute approximate surface area is 123 Å². The normalized spacial score (nSPS) is 10.9. The zero-order valence-corrected chi connectivity index (χ0v) is 11.5. The largest absolute Gasteiger partial charge is 0.345 e. The van der Waals surface area contributed by atoms with E-state index in [1.54, 1.807) is 13.0 Å². The molecule has 2 heterocycles. The molecule has 0 bridgehead atoms. The van der Waals surface area contributed by atoms with Crippen molar-refractivity contribution in [1.82, 2.24) is 9.38 Å². The number of nitrogens with one attached hydrogen (secondary N) is 2. The summed E-state index contributed by atoms with van der Waals surface area (Å²) in [4.78, 5) is 27.0. The number of imidazole rings is 1. The molecule has 0 fully saturated rings. The van der Waals surface area contributed by atoms with Crippen molar-refractivity contribution in [2.24, 2.45) is 0 Å². The summed E-state index contributed by atoms with van der Waals surface area (Å²) in [6, 6.07) is 5.80. The molecule has 0 spiro atoms. The molecule has 0 saturated heterocycles. The standard InChI is InChI=1S/C15H11F2N3O2/c1-8-4-13-18-7-12(20(13)14(21)5-8)15(22)19-11-6-9(16)2-3-10(11)17/h2-7,18H,1H3,(H,19,22). The summed E-state index contributed by atoms with van der Waals surface area (Å²) in [5.74, 6) is -2.16. The second kappa shape index (κ2) is 5.10. The third-order valence-corrected chi connectivity index (χ3v) is 3.18. The Morgan fingerprint density at radius 1 is 1.23 bits per heavy atom. The topological polar surface area (TPSA) is 66.4 Å². The van der Waals surface area contributed by atoms with Crippen LogP contribution in [0.4, 0.5) is 14.5 Å². The third-order valence-electron chi connectivity index (χ3n) is 3.18. The molecule has 0 aliphatic rings. The Morgan fingerprint density at radius 2 is 2.00 bits per heavy atom. The van der Waals surface area contributed by atoms with Crippen LogP contribution in [0.3, 0.4) is 0 Å². The molecular weight excluding hydrogens is 292 g/mol. The zero-order valence-electron chi connectivity index (χ0n) is 11.5. The highest BCUT2D eigenvalue weighted by molar-refractivity contribution is 6.03. The van der Waals surface area contributed by atoms with Crippen LogP contribution < -0.4 is 10.9 Å². The lowest BCUT2D eigenvalue weighted by Crippen LogP contribution is -2.21. The van der Waals surface area contributed by atoms with Crippen molar-refractivity contribution in [3.63, 3.8) is 0 Å². The fourth-order valence-electron chi connectivity index (χ4n) is 2.21. The average Bonchev–Trinajstić information content (AvgIpc) is 2.87. The van der Waals surface area contributed by atoms with Crippen molar-refractivity contribution < 1.29 is 13.6 Å². The van der Waals surface area contributed by atoms with E-state index < -0.39 is 17.5 Å². The van der Waals surface area contributed by atoms with Crippen molar-refractivity contribution in [1.29, 1.82) is 0 Å². The summed E-state index contributed by atoms with van der Waals surface area (Å²) in [6.45, 7) is 1.75. The maximum atomic E-state index is 13.6. The van der Waals surface area contributed by atoms with Gasteiger partial charge in [-0.15, -0.1) is 0 Å². The van der Waals surface area contributed by atoms with Crippen LogP contribution in [0, 0.1) is 18.6 Å². The van der Waals surface area contributed by atoms with E-state index in [-0.39, 0.29) is 16.9 Å². The molecule has 0 aliphatic carbocycles. The summed E-state index contributed by atoms with van der Waals surface area (Å²) in [6.07, 6.45) is 1.34. The minimum atomic E-state index is -0.766. The van der Waals surface area contributed by atoms with Gasteiger partial charge in [0, 0.05) is 18.3 Å². The maximum absolute atomic E-state index is 13.6. The van der Waals surface area contributed by atoms with Gasteiger partial charge in [0.2, 0.25) is 0 Å². The van der Waals surface area contributed by atoms with E-state index in [9.17, 15) is 18.4 Å². The number of aromatic nitrogens is 2. The highest BCUT2D eigenvalue weighted by Crippen LogP contribution is 2.16. The molecule has 0 saturated carbocycles. The van der Waals surface area contributed by atoms with E-state index in [1.807, 2.05) is 0 Å². The van der Waals surface area contributed by atoms with Crippen LogP contribution in [0.15, 0.2) is 41.3 Å². The summed E-state index contributed by atoms with van der Waals surface area (Å²) in [5.41, 5.74) is 0.508. The van der Waals surface area contributed by atoms with E-state index in [4.69, 9.17) is 0 Å². The number of pyridine rings is 1. The fourth-order valence-corrected chi connectivity index (χ4v) is 2.21. The van der Waals surface area contributed by atoms with Crippen molar-refractivity contribution in [3.8, 4) is 0 Å². The Morgan fingerprint density at radius 3 is 2.77 bits per heavy atom. The zero-order chi connectivity index (χ0) is 15.9. The van der Waals surface area contributed by atoms with Gasteiger partial charge in [-0.2, -0.15) is 0 Å². The van der Waals surface area contributed by atoms with Crippen LogP contribution in [-0.2, 0) is 0 Å². The number of anilines is 1. The van der Waals surface area contributed by atoms with Crippen LogP contribution in [0.5, 0.6) is 0 Å². The number of fused-ring (bicyclic) bond motifs is 1. The van der Waals surface area contributed by atoms with Gasteiger partial charge in [-0.3, -0.25) is 14.0 Å².